The van der Waals surface area contributed by atoms with Gasteiger partial charge in [0.15, 0.2) is 0 Å². The van der Waals surface area contributed by atoms with Gasteiger partial charge in [-0.25, -0.2) is 4.57 Å². The Bertz CT molecular complexity index is 719. The number of benzene rings is 2. The molecule has 2 aromatic carbocycles. The average Bonchev–Trinajstić information content (AvgIpc) is 2.56. The van der Waals surface area contributed by atoms with E-state index in [1.165, 1.54) is 6.07 Å². The predicted octanol–water partition coefficient (Wildman–Crippen LogP) is 5.45. The second-order valence-corrected chi connectivity index (χ2v) is 7.03. The molecule has 0 saturated carbocycles. The lowest BCUT2D eigenvalue weighted by Crippen LogP contribution is -2.02. The van der Waals surface area contributed by atoms with Crippen molar-refractivity contribution in [3.63, 3.8) is 0 Å². The molecule has 0 aromatic heterocycles. The molecule has 0 spiro atoms. The number of hydrogen-bond acceptors (Lipinski definition) is 5. The molecule has 0 fully saturated rings. The summed E-state index contributed by atoms with van der Waals surface area (Å²) in [7, 11) is -3.67. The van der Waals surface area contributed by atoms with Gasteiger partial charge in [0, 0.05) is 10.8 Å². The van der Waals surface area contributed by atoms with Crippen molar-refractivity contribution in [2.45, 2.75) is 40.0 Å². The van der Waals surface area contributed by atoms with Crippen molar-refractivity contribution in [2.24, 2.45) is 0 Å². The van der Waals surface area contributed by atoms with Crippen LogP contribution >= 0.6 is 7.82 Å². The number of phenolic OH excluding ortho intramolecular Hbond substituents is 1. The highest BCUT2D eigenvalue weighted by Crippen LogP contribution is 2.51. The number of fused-ring (bicyclic) bond motifs is 1. The molecule has 0 saturated heterocycles. The Labute approximate surface area is 143 Å². The zero-order valence-electron chi connectivity index (χ0n) is 14.4. The van der Waals surface area contributed by atoms with Crippen LogP contribution in [0.2, 0.25) is 0 Å². The molecular formula is C18H25O5P. The molecule has 2 rings (SSSR count). The Balaban J connectivity index is 2.40. The first-order valence-corrected chi connectivity index (χ1v) is 9.82. The molecule has 5 nitrogen and oxygen atoms in total. The van der Waals surface area contributed by atoms with Gasteiger partial charge in [-0.05, 0) is 50.5 Å². The Morgan fingerprint density at radius 2 is 1.71 bits per heavy atom. The number of phenols is 1. The molecule has 0 amide bonds. The first-order chi connectivity index (χ1) is 11.5. The van der Waals surface area contributed by atoms with Gasteiger partial charge in [-0.15, -0.1) is 0 Å². The van der Waals surface area contributed by atoms with Gasteiger partial charge < -0.3 is 9.63 Å². The highest BCUT2D eigenvalue weighted by atomic mass is 31.2. The van der Waals surface area contributed by atoms with Gasteiger partial charge in [-0.3, -0.25) is 9.05 Å². The summed E-state index contributed by atoms with van der Waals surface area (Å²) in [6.45, 7) is 6.03. The van der Waals surface area contributed by atoms with E-state index in [0.717, 1.165) is 24.8 Å². The van der Waals surface area contributed by atoms with E-state index in [1.807, 2.05) is 18.2 Å². The number of aryl methyl sites for hydroxylation is 1. The minimum absolute atomic E-state index is 0.165. The maximum atomic E-state index is 12.6. The first kappa shape index (κ1) is 18.8. The van der Waals surface area contributed by atoms with Crippen molar-refractivity contribution in [1.29, 1.82) is 0 Å². The molecule has 0 aliphatic heterocycles. The van der Waals surface area contributed by atoms with Gasteiger partial charge in [0.2, 0.25) is 0 Å². The van der Waals surface area contributed by atoms with Gasteiger partial charge in [0.25, 0.3) is 0 Å². The molecule has 1 N–H and O–H groups in total. The third-order valence-electron chi connectivity index (χ3n) is 3.62. The Kier molecular flexibility index (Phi) is 6.67. The van der Waals surface area contributed by atoms with Crippen LogP contribution in [0.25, 0.3) is 10.8 Å². The fourth-order valence-electron chi connectivity index (χ4n) is 2.50. The van der Waals surface area contributed by atoms with Gasteiger partial charge in [0.1, 0.15) is 11.5 Å². The van der Waals surface area contributed by atoms with Crippen LogP contribution in [-0.4, -0.2) is 18.3 Å². The number of phosphoric ester groups is 1. The topological polar surface area (TPSA) is 65.0 Å². The van der Waals surface area contributed by atoms with Gasteiger partial charge >= 0.3 is 7.82 Å². The number of phosphoric acid groups is 1. The normalized spacial score (nSPS) is 11.8. The Morgan fingerprint density at radius 3 is 2.33 bits per heavy atom. The third kappa shape index (κ3) is 4.50. The van der Waals surface area contributed by atoms with E-state index in [9.17, 15) is 9.67 Å². The standard InChI is InChI=1S/C18H25O5P/c1-4-7-8-14-9-10-15-16(13-14)17(19)11-12-18(15)23-24(20,21-5-2)22-6-3/h9-13,19H,4-8H2,1-3H3. The highest BCUT2D eigenvalue weighted by Gasteiger charge is 2.28. The minimum Gasteiger partial charge on any atom is -0.507 e. The smallest absolute Gasteiger partial charge is 0.507 e. The Hall–Kier alpha value is -1.55. The SMILES string of the molecule is CCCCc1ccc2c(OP(=O)(OCC)OCC)ccc(O)c2c1. The molecule has 0 bridgehead atoms. The molecule has 0 atom stereocenters. The molecule has 132 valence electrons. The second-order valence-electron chi connectivity index (χ2n) is 5.44. The minimum atomic E-state index is -3.67. The van der Waals surface area contributed by atoms with Crippen molar-refractivity contribution in [1.82, 2.24) is 0 Å². The van der Waals surface area contributed by atoms with Crippen molar-refractivity contribution < 1.29 is 23.2 Å². The summed E-state index contributed by atoms with van der Waals surface area (Å²) in [5, 5.41) is 11.5. The molecule has 0 heterocycles. The second kappa shape index (κ2) is 8.52. The van der Waals surface area contributed by atoms with E-state index in [2.05, 4.69) is 6.92 Å². The summed E-state index contributed by atoms with van der Waals surface area (Å²) in [5.74, 6) is 0.536. The van der Waals surface area contributed by atoms with Gasteiger partial charge in [0.05, 0.1) is 13.2 Å². The van der Waals surface area contributed by atoms with Crippen molar-refractivity contribution in [2.75, 3.05) is 13.2 Å². The molecule has 2 aromatic rings. The predicted molar refractivity (Wildman–Crippen MR) is 95.7 cm³/mol. The number of hydrogen-bond donors (Lipinski definition) is 1. The van der Waals surface area contributed by atoms with Crippen molar-refractivity contribution >= 4 is 18.6 Å². The molecule has 6 heteroatoms. The van der Waals surface area contributed by atoms with Crippen LogP contribution in [0.3, 0.4) is 0 Å². The maximum Gasteiger partial charge on any atom is 0.530 e. The van der Waals surface area contributed by atoms with Crippen LogP contribution < -0.4 is 4.52 Å². The average molecular weight is 352 g/mol. The molecule has 24 heavy (non-hydrogen) atoms. The summed E-state index contributed by atoms with van der Waals surface area (Å²) in [5.41, 5.74) is 1.15. The zero-order valence-corrected chi connectivity index (χ0v) is 15.3. The lowest BCUT2D eigenvalue weighted by atomic mass is 10.0. The maximum absolute atomic E-state index is 12.6. The van der Waals surface area contributed by atoms with Crippen LogP contribution in [0.15, 0.2) is 30.3 Å². The summed E-state index contributed by atoms with van der Waals surface area (Å²) < 4.78 is 28.5. The van der Waals surface area contributed by atoms with Crippen LogP contribution in [-0.2, 0) is 20.0 Å². The lowest BCUT2D eigenvalue weighted by Gasteiger charge is -2.18. The quantitative estimate of drug-likeness (QED) is 0.608. The highest BCUT2D eigenvalue weighted by molar-refractivity contribution is 7.48. The van der Waals surface area contributed by atoms with Crippen LogP contribution in [0.1, 0.15) is 39.2 Å². The molecular weight excluding hydrogens is 327 g/mol. The van der Waals surface area contributed by atoms with E-state index in [1.54, 1.807) is 19.9 Å². The monoisotopic (exact) mass is 352 g/mol. The molecule has 0 aliphatic rings. The summed E-state index contributed by atoms with van der Waals surface area (Å²) in [6.07, 6.45) is 3.15. The largest absolute Gasteiger partial charge is 0.530 e. The number of rotatable bonds is 9. The summed E-state index contributed by atoms with van der Waals surface area (Å²) in [6, 6.07) is 8.92. The zero-order chi connectivity index (χ0) is 17.6. The van der Waals surface area contributed by atoms with Gasteiger partial charge in [-0.2, -0.15) is 0 Å². The van der Waals surface area contributed by atoms with Crippen LogP contribution in [0, 0.1) is 0 Å². The van der Waals surface area contributed by atoms with Gasteiger partial charge in [-0.1, -0.05) is 25.5 Å². The molecule has 0 aliphatic carbocycles. The third-order valence-corrected chi connectivity index (χ3v) is 5.19. The fraction of sp³-hybridized carbons (Fsp3) is 0.444. The fourth-order valence-corrected chi connectivity index (χ4v) is 3.71. The molecule has 0 unspecified atom stereocenters. The lowest BCUT2D eigenvalue weighted by molar-refractivity contribution is 0.168. The van der Waals surface area contributed by atoms with E-state index in [4.69, 9.17) is 13.6 Å². The summed E-state index contributed by atoms with van der Waals surface area (Å²) >= 11 is 0. The van der Waals surface area contributed by atoms with Crippen LogP contribution in [0.5, 0.6) is 11.5 Å². The first-order valence-electron chi connectivity index (χ1n) is 8.36. The van der Waals surface area contributed by atoms with Crippen molar-refractivity contribution in [3.8, 4) is 11.5 Å². The van der Waals surface area contributed by atoms with E-state index >= 15 is 0 Å². The van der Waals surface area contributed by atoms with Crippen LogP contribution in [0.4, 0.5) is 0 Å². The van der Waals surface area contributed by atoms with Crippen molar-refractivity contribution in [3.05, 3.63) is 35.9 Å². The number of unbranched alkanes of at least 4 members (excludes halogenated alkanes) is 1. The Morgan fingerprint density at radius 1 is 1.00 bits per heavy atom. The molecule has 0 radical (unpaired) electrons. The van der Waals surface area contributed by atoms with E-state index in [0.29, 0.717) is 16.5 Å². The van der Waals surface area contributed by atoms with E-state index < -0.39 is 7.82 Å². The summed E-state index contributed by atoms with van der Waals surface area (Å²) in [4.78, 5) is 0. The van der Waals surface area contributed by atoms with E-state index in [-0.39, 0.29) is 19.0 Å². The number of aromatic hydroxyl groups is 1.